The van der Waals surface area contributed by atoms with Gasteiger partial charge in [-0.15, -0.1) is 0 Å². The van der Waals surface area contributed by atoms with Gasteiger partial charge in [0.2, 0.25) is 0 Å². The van der Waals surface area contributed by atoms with Crippen molar-refractivity contribution in [3.8, 4) is 11.5 Å². The van der Waals surface area contributed by atoms with Crippen LogP contribution in [0.2, 0.25) is 0 Å². The molecule has 0 spiro atoms. The number of aromatic nitrogens is 1. The second kappa shape index (κ2) is 8.33. The van der Waals surface area contributed by atoms with E-state index in [-0.39, 0.29) is 17.9 Å². The highest BCUT2D eigenvalue weighted by Crippen LogP contribution is 2.30. The maximum Gasteiger partial charge on any atom is 0.276 e. The van der Waals surface area contributed by atoms with Gasteiger partial charge in [0, 0.05) is 42.9 Å². The fourth-order valence-corrected chi connectivity index (χ4v) is 3.27. The number of nitrogens with one attached hydrogen (secondary N) is 1. The predicted molar refractivity (Wildman–Crippen MR) is 103 cm³/mol. The molecule has 0 aliphatic carbocycles. The Hall–Kier alpha value is -2.70. The predicted octanol–water partition coefficient (Wildman–Crippen LogP) is 3.53. The van der Waals surface area contributed by atoms with Crippen LogP contribution in [0.25, 0.3) is 0 Å². The molecule has 1 aliphatic heterocycles. The van der Waals surface area contributed by atoms with E-state index in [1.807, 2.05) is 36.9 Å². The van der Waals surface area contributed by atoms with Crippen LogP contribution < -0.4 is 14.8 Å². The molecule has 1 saturated heterocycles. The molecule has 1 N–H and O–H groups in total. The standard InChI is InChI=1S/C20H27N3O4/c1-13(2)18-11-16(22-27-18)20(24)23-9-5-6-15(12-23)21-14-7-8-17(25-3)19(10-14)26-4/h7-8,10-11,13,15,21H,5-6,9,12H2,1-4H3. The van der Waals surface area contributed by atoms with Crippen molar-refractivity contribution in [1.29, 1.82) is 0 Å². The van der Waals surface area contributed by atoms with Crippen LogP contribution in [0.3, 0.4) is 0 Å². The number of hydrogen-bond acceptors (Lipinski definition) is 6. The van der Waals surface area contributed by atoms with Crippen molar-refractivity contribution in [2.45, 2.75) is 38.6 Å². The Kier molecular flexibility index (Phi) is 5.88. The quantitative estimate of drug-likeness (QED) is 0.835. The van der Waals surface area contributed by atoms with E-state index in [4.69, 9.17) is 14.0 Å². The summed E-state index contributed by atoms with van der Waals surface area (Å²) in [6, 6.07) is 7.65. The molecule has 1 aromatic carbocycles. The molecule has 7 heteroatoms. The SMILES string of the molecule is COc1ccc(NC2CCCN(C(=O)c3cc(C(C)C)on3)C2)cc1OC. The van der Waals surface area contributed by atoms with E-state index in [9.17, 15) is 4.79 Å². The Morgan fingerprint density at radius 3 is 2.70 bits per heavy atom. The minimum Gasteiger partial charge on any atom is -0.493 e. The molecule has 2 aromatic rings. The van der Waals surface area contributed by atoms with Crippen LogP contribution in [-0.4, -0.2) is 49.3 Å². The van der Waals surface area contributed by atoms with Crippen LogP contribution in [-0.2, 0) is 0 Å². The molecule has 0 saturated carbocycles. The first-order valence-corrected chi connectivity index (χ1v) is 9.26. The zero-order chi connectivity index (χ0) is 19.4. The normalized spacial score (nSPS) is 17.1. The van der Waals surface area contributed by atoms with Crippen LogP contribution in [0, 0.1) is 0 Å². The van der Waals surface area contributed by atoms with Gasteiger partial charge in [0.15, 0.2) is 17.2 Å². The number of benzene rings is 1. The van der Waals surface area contributed by atoms with Crippen molar-refractivity contribution >= 4 is 11.6 Å². The fourth-order valence-electron chi connectivity index (χ4n) is 3.27. The van der Waals surface area contributed by atoms with E-state index in [2.05, 4.69) is 10.5 Å². The van der Waals surface area contributed by atoms with Crippen LogP contribution in [0.15, 0.2) is 28.8 Å². The Morgan fingerprint density at radius 1 is 1.26 bits per heavy atom. The molecule has 0 radical (unpaired) electrons. The van der Waals surface area contributed by atoms with Crippen LogP contribution in [0.1, 0.15) is 48.9 Å². The highest BCUT2D eigenvalue weighted by Gasteiger charge is 2.27. The molecule has 0 bridgehead atoms. The number of methoxy groups -OCH3 is 2. The minimum atomic E-state index is -0.0792. The third-order valence-electron chi connectivity index (χ3n) is 4.78. The first-order valence-electron chi connectivity index (χ1n) is 9.26. The van der Waals surface area contributed by atoms with Gasteiger partial charge < -0.3 is 24.2 Å². The highest BCUT2D eigenvalue weighted by molar-refractivity contribution is 5.92. The van der Waals surface area contributed by atoms with Gasteiger partial charge in [0.05, 0.1) is 14.2 Å². The summed E-state index contributed by atoms with van der Waals surface area (Å²) in [6.07, 6.45) is 1.93. The molecular formula is C20H27N3O4. The largest absolute Gasteiger partial charge is 0.493 e. The molecule has 27 heavy (non-hydrogen) atoms. The third kappa shape index (κ3) is 4.35. The van der Waals surface area contributed by atoms with E-state index in [1.165, 1.54) is 0 Å². The lowest BCUT2D eigenvalue weighted by Gasteiger charge is -2.33. The summed E-state index contributed by atoms with van der Waals surface area (Å²) < 4.78 is 15.9. The van der Waals surface area contributed by atoms with Crippen molar-refractivity contribution in [2.24, 2.45) is 0 Å². The summed E-state index contributed by atoms with van der Waals surface area (Å²) >= 11 is 0. The van der Waals surface area contributed by atoms with Gasteiger partial charge in [-0.05, 0) is 25.0 Å². The lowest BCUT2D eigenvalue weighted by Crippen LogP contribution is -2.45. The van der Waals surface area contributed by atoms with Crippen LogP contribution in [0.4, 0.5) is 5.69 Å². The number of piperidine rings is 1. The number of carbonyl (C=O) groups is 1. The van der Waals surface area contributed by atoms with Gasteiger partial charge >= 0.3 is 0 Å². The summed E-state index contributed by atoms with van der Waals surface area (Å²) in [4.78, 5) is 14.6. The zero-order valence-electron chi connectivity index (χ0n) is 16.3. The number of ether oxygens (including phenoxy) is 2. The highest BCUT2D eigenvalue weighted by atomic mass is 16.5. The van der Waals surface area contributed by atoms with Crippen molar-refractivity contribution in [3.05, 3.63) is 35.7 Å². The minimum absolute atomic E-state index is 0.0792. The summed E-state index contributed by atoms with van der Waals surface area (Å²) in [5, 5.41) is 7.44. The molecule has 1 unspecified atom stereocenters. The van der Waals surface area contributed by atoms with E-state index < -0.39 is 0 Å². The number of hydrogen-bond donors (Lipinski definition) is 1. The summed E-state index contributed by atoms with van der Waals surface area (Å²) in [5.74, 6) is 2.23. The molecule has 1 atom stereocenters. The van der Waals surface area contributed by atoms with E-state index in [0.29, 0.717) is 23.7 Å². The second-order valence-corrected chi connectivity index (χ2v) is 7.07. The lowest BCUT2D eigenvalue weighted by atomic mass is 10.0. The van der Waals surface area contributed by atoms with Crippen LogP contribution >= 0.6 is 0 Å². The van der Waals surface area contributed by atoms with Gasteiger partial charge in [-0.2, -0.15) is 0 Å². The zero-order valence-corrected chi connectivity index (χ0v) is 16.3. The smallest absolute Gasteiger partial charge is 0.276 e. The van der Waals surface area contributed by atoms with Crippen molar-refractivity contribution < 1.29 is 18.8 Å². The molecule has 7 nitrogen and oxygen atoms in total. The number of nitrogens with zero attached hydrogens (tertiary/aromatic N) is 2. The van der Waals surface area contributed by atoms with E-state index >= 15 is 0 Å². The topological polar surface area (TPSA) is 76.8 Å². The van der Waals surface area contributed by atoms with E-state index in [0.717, 1.165) is 30.8 Å². The number of carbonyl (C=O) groups excluding carboxylic acids is 1. The first-order chi connectivity index (χ1) is 13.0. The average Bonchev–Trinajstić information content (AvgIpc) is 3.18. The Labute approximate surface area is 159 Å². The average molecular weight is 373 g/mol. The molecule has 2 heterocycles. The molecule has 146 valence electrons. The van der Waals surface area contributed by atoms with Gasteiger partial charge in [0.1, 0.15) is 5.76 Å². The maximum absolute atomic E-state index is 12.8. The molecular weight excluding hydrogens is 346 g/mol. The van der Waals surface area contributed by atoms with Gasteiger partial charge in [-0.3, -0.25) is 4.79 Å². The van der Waals surface area contributed by atoms with Crippen LogP contribution in [0.5, 0.6) is 11.5 Å². The molecule has 1 aliphatic rings. The maximum atomic E-state index is 12.8. The summed E-state index contributed by atoms with van der Waals surface area (Å²) in [5.41, 5.74) is 1.32. The molecule has 1 fully saturated rings. The van der Waals surface area contributed by atoms with Gasteiger partial charge in [-0.25, -0.2) is 0 Å². The van der Waals surface area contributed by atoms with Crippen molar-refractivity contribution in [2.75, 3.05) is 32.6 Å². The second-order valence-electron chi connectivity index (χ2n) is 7.07. The number of anilines is 1. The molecule has 3 rings (SSSR count). The Bertz CT molecular complexity index is 787. The third-order valence-corrected chi connectivity index (χ3v) is 4.78. The number of rotatable bonds is 6. The van der Waals surface area contributed by atoms with Crippen molar-refractivity contribution in [3.63, 3.8) is 0 Å². The molecule has 1 amide bonds. The molecule has 1 aromatic heterocycles. The summed E-state index contributed by atoms with van der Waals surface area (Å²) in [7, 11) is 3.23. The monoisotopic (exact) mass is 373 g/mol. The van der Waals surface area contributed by atoms with Crippen molar-refractivity contribution in [1.82, 2.24) is 10.1 Å². The Morgan fingerprint density at radius 2 is 2.04 bits per heavy atom. The van der Waals surface area contributed by atoms with Gasteiger partial charge in [0.25, 0.3) is 5.91 Å². The number of likely N-dealkylation sites (tertiary alicyclic amines) is 1. The lowest BCUT2D eigenvalue weighted by molar-refractivity contribution is 0.0704. The van der Waals surface area contributed by atoms with Gasteiger partial charge in [-0.1, -0.05) is 19.0 Å². The Balaban J connectivity index is 1.66. The van der Waals surface area contributed by atoms with E-state index in [1.54, 1.807) is 20.3 Å². The first kappa shape index (κ1) is 19.1. The number of amides is 1. The summed E-state index contributed by atoms with van der Waals surface area (Å²) in [6.45, 7) is 5.38. The fraction of sp³-hybridized carbons (Fsp3) is 0.500.